The Kier molecular flexibility index (Phi) is 23.8. The fraction of sp³-hybridized carbons (Fsp3) is 0.628. The van der Waals surface area contributed by atoms with Gasteiger partial charge in [0.25, 0.3) is 0 Å². The van der Waals surface area contributed by atoms with Gasteiger partial charge in [-0.1, -0.05) is 30.3 Å². The van der Waals surface area contributed by atoms with Gasteiger partial charge in [0.2, 0.25) is 53.2 Å². The summed E-state index contributed by atoms with van der Waals surface area (Å²) in [6.07, 6.45) is 1.67. The fourth-order valence-electron chi connectivity index (χ4n) is 7.91. The number of aliphatic hydroxyl groups excluding tert-OH is 1. The van der Waals surface area contributed by atoms with Crippen molar-refractivity contribution in [1.29, 1.82) is 0 Å². The van der Waals surface area contributed by atoms with Crippen LogP contribution in [0.5, 0.6) is 0 Å². The van der Waals surface area contributed by atoms with Crippen LogP contribution in [0.4, 0.5) is 0 Å². The number of hydrogen-bond donors (Lipinski definition) is 13. The van der Waals surface area contributed by atoms with Crippen LogP contribution in [0.25, 0.3) is 0 Å². The summed E-state index contributed by atoms with van der Waals surface area (Å²) in [7, 11) is 0. The van der Waals surface area contributed by atoms with E-state index in [0.717, 1.165) is 0 Å². The zero-order valence-electron chi connectivity index (χ0n) is 38.6. The maximum Gasteiger partial charge on any atom is 0.246 e. The second kappa shape index (κ2) is 28.6. The molecule has 2 heterocycles. The third-order valence-electron chi connectivity index (χ3n) is 11.6. The Hall–Kier alpha value is -5.66. The van der Waals surface area contributed by atoms with Gasteiger partial charge < -0.3 is 69.7 Å². The zero-order chi connectivity index (χ0) is 50.5. The summed E-state index contributed by atoms with van der Waals surface area (Å²) in [4.78, 5) is 127. The number of hydrogen-bond acceptors (Lipinski definition) is 14. The predicted octanol–water partition coefficient (Wildman–Crippen LogP) is -3.95. The normalized spacial score (nSPS) is 18.6. The first-order chi connectivity index (χ1) is 32.3. The lowest BCUT2D eigenvalue weighted by Gasteiger charge is -2.31. The second-order valence-electron chi connectivity index (χ2n) is 16.8. The van der Waals surface area contributed by atoms with Crippen molar-refractivity contribution in [3.05, 3.63) is 35.9 Å². The van der Waals surface area contributed by atoms with Gasteiger partial charge in [0.15, 0.2) is 5.96 Å². The lowest BCUT2D eigenvalue weighted by atomic mass is 10.0. The number of unbranched alkanes of at least 4 members (excludes halogenated alkanes) is 1. The van der Waals surface area contributed by atoms with E-state index >= 15 is 0 Å². The third kappa shape index (κ3) is 17.5. The molecule has 2 fully saturated rings. The van der Waals surface area contributed by atoms with Crippen molar-refractivity contribution in [3.63, 3.8) is 0 Å². The number of rotatable bonds is 27. The number of carbonyl (C=O) groups is 9. The Morgan fingerprint density at radius 1 is 0.691 bits per heavy atom. The maximum atomic E-state index is 14.1. The lowest BCUT2D eigenvalue weighted by Crippen LogP contribution is -2.61. The topological polar surface area (TPSA) is 369 Å². The molecule has 0 spiro atoms. The summed E-state index contributed by atoms with van der Waals surface area (Å²) in [5, 5.41) is 26.1. The summed E-state index contributed by atoms with van der Waals surface area (Å²) in [5.74, 6) is -6.93. The SMILES string of the molecule is CC(=O)N1CCC[C@H]1C(=O)N[C@H](C(=O)N[C@@H](CS)C(=O)N1CCC[C@H]1C(=O)N[C@@H](Cc1ccccc1)C(=O)N[C@@H](CS)C(=O)N[C@@H](CCCN=C(N)N)C(=O)N[C@@H](CCCCN)C(N)=O)[C@@H](C)O. The van der Waals surface area contributed by atoms with Crippen LogP contribution in [-0.2, 0) is 49.6 Å². The molecule has 9 atom stereocenters. The molecule has 15 N–H and O–H groups in total. The van der Waals surface area contributed by atoms with Gasteiger partial charge in [-0.05, 0) is 76.8 Å². The number of guanidine groups is 1. The van der Waals surface area contributed by atoms with Gasteiger partial charge in [0.1, 0.15) is 48.3 Å². The van der Waals surface area contributed by atoms with E-state index in [4.69, 9.17) is 22.9 Å². The number of aliphatic hydroxyl groups is 1. The number of likely N-dealkylation sites (tertiary alicyclic amines) is 2. The van der Waals surface area contributed by atoms with Crippen LogP contribution in [0.1, 0.15) is 77.2 Å². The van der Waals surface area contributed by atoms with E-state index in [1.807, 2.05) is 0 Å². The molecule has 2 aliphatic rings. The molecule has 68 heavy (non-hydrogen) atoms. The van der Waals surface area contributed by atoms with Crippen molar-refractivity contribution < 1.29 is 48.3 Å². The summed E-state index contributed by atoms with van der Waals surface area (Å²) in [6.45, 7) is 3.59. The third-order valence-corrected chi connectivity index (χ3v) is 12.3. The summed E-state index contributed by atoms with van der Waals surface area (Å²) in [5.41, 5.74) is 22.7. The quantitative estimate of drug-likeness (QED) is 0.0174. The molecule has 0 aromatic heterocycles. The van der Waals surface area contributed by atoms with E-state index in [2.05, 4.69) is 62.2 Å². The number of nitrogens with zero attached hydrogens (tertiary/aromatic N) is 3. The maximum absolute atomic E-state index is 14.1. The molecule has 1 aromatic carbocycles. The minimum absolute atomic E-state index is 0.0239. The molecule has 2 saturated heterocycles. The van der Waals surface area contributed by atoms with Gasteiger partial charge in [-0.2, -0.15) is 25.3 Å². The van der Waals surface area contributed by atoms with Crippen LogP contribution in [0.15, 0.2) is 35.3 Å². The highest BCUT2D eigenvalue weighted by Crippen LogP contribution is 2.21. The van der Waals surface area contributed by atoms with E-state index in [1.54, 1.807) is 30.3 Å². The first kappa shape index (κ1) is 56.7. The van der Waals surface area contributed by atoms with Crippen molar-refractivity contribution in [1.82, 2.24) is 41.7 Å². The summed E-state index contributed by atoms with van der Waals surface area (Å²) < 4.78 is 0. The summed E-state index contributed by atoms with van der Waals surface area (Å²) in [6, 6.07) is -0.912. The highest BCUT2D eigenvalue weighted by molar-refractivity contribution is 7.80. The van der Waals surface area contributed by atoms with Gasteiger partial charge in [-0.3, -0.25) is 48.1 Å². The van der Waals surface area contributed by atoms with E-state index in [1.165, 1.54) is 23.6 Å². The number of primary amides is 1. The van der Waals surface area contributed by atoms with Crippen LogP contribution >= 0.6 is 25.3 Å². The Balaban J connectivity index is 1.78. The molecule has 0 aliphatic carbocycles. The minimum Gasteiger partial charge on any atom is -0.391 e. The van der Waals surface area contributed by atoms with E-state index in [-0.39, 0.29) is 68.6 Å². The Labute approximate surface area is 407 Å². The monoisotopic (exact) mass is 991 g/mol. The lowest BCUT2D eigenvalue weighted by molar-refractivity contribution is -0.143. The van der Waals surface area contributed by atoms with E-state index in [9.17, 15) is 48.3 Å². The van der Waals surface area contributed by atoms with Gasteiger partial charge in [0.05, 0.1) is 6.10 Å². The number of thiol groups is 2. The van der Waals surface area contributed by atoms with Gasteiger partial charge in [-0.25, -0.2) is 0 Å². The van der Waals surface area contributed by atoms with Crippen molar-refractivity contribution in [2.45, 2.75) is 132 Å². The summed E-state index contributed by atoms with van der Waals surface area (Å²) >= 11 is 8.58. The minimum atomic E-state index is -1.49. The van der Waals surface area contributed by atoms with Crippen molar-refractivity contribution in [3.8, 4) is 0 Å². The van der Waals surface area contributed by atoms with E-state index < -0.39 is 102 Å². The van der Waals surface area contributed by atoms with Gasteiger partial charge >= 0.3 is 0 Å². The average molecular weight is 992 g/mol. The molecule has 0 bridgehead atoms. The second-order valence-corrected chi connectivity index (χ2v) is 17.5. The molecule has 0 radical (unpaired) electrons. The Morgan fingerprint density at radius 3 is 1.79 bits per heavy atom. The van der Waals surface area contributed by atoms with Crippen molar-refractivity contribution in [2.75, 3.05) is 37.7 Å². The van der Waals surface area contributed by atoms with Crippen LogP contribution in [0.2, 0.25) is 0 Å². The number of nitrogens with one attached hydrogen (secondary N) is 6. The highest BCUT2D eigenvalue weighted by Gasteiger charge is 2.41. The predicted molar refractivity (Wildman–Crippen MR) is 258 cm³/mol. The molecule has 3 rings (SSSR count). The molecule has 0 saturated carbocycles. The largest absolute Gasteiger partial charge is 0.391 e. The molecule has 1 aromatic rings. The van der Waals surface area contributed by atoms with Crippen LogP contribution in [-0.4, -0.2) is 166 Å². The number of carbonyl (C=O) groups excluding carboxylic acids is 9. The van der Waals surface area contributed by atoms with Crippen molar-refractivity contribution in [2.24, 2.45) is 27.9 Å². The highest BCUT2D eigenvalue weighted by atomic mass is 32.1. The fourth-order valence-corrected chi connectivity index (χ4v) is 8.41. The Morgan fingerprint density at radius 2 is 1.22 bits per heavy atom. The van der Waals surface area contributed by atoms with Gasteiger partial charge in [-0.15, -0.1) is 0 Å². The molecule has 23 nitrogen and oxygen atoms in total. The van der Waals surface area contributed by atoms with Crippen LogP contribution in [0.3, 0.4) is 0 Å². The molecular formula is C43H69N13O10S2. The molecule has 2 aliphatic heterocycles. The first-order valence-corrected chi connectivity index (χ1v) is 24.0. The van der Waals surface area contributed by atoms with E-state index in [0.29, 0.717) is 50.8 Å². The molecule has 25 heteroatoms. The Bertz CT molecular complexity index is 1940. The zero-order valence-corrected chi connectivity index (χ0v) is 40.4. The number of benzene rings is 1. The smallest absolute Gasteiger partial charge is 0.246 e. The number of aliphatic imine (C=N–C) groups is 1. The van der Waals surface area contributed by atoms with Crippen molar-refractivity contribution >= 4 is 84.4 Å². The molecule has 378 valence electrons. The van der Waals surface area contributed by atoms with Crippen LogP contribution < -0.4 is 54.8 Å². The van der Waals surface area contributed by atoms with Gasteiger partial charge in [0, 0.05) is 44.5 Å². The number of amides is 9. The number of nitrogens with two attached hydrogens (primary N) is 4. The molecule has 9 amide bonds. The standard InChI is InChI=1S/C43H69N13O10S2/c1-24(57)34(54-40(64)32-15-9-19-55(32)25(2)58)41(65)53-31(23-68)42(66)56-20-10-16-33(56)39(63)51-29(21-26-11-4-3-5-12-26)37(61)52-30(22-67)38(62)50-28(14-8-18-48-43(46)47)36(60)49-27(35(45)59)13-6-7-17-44/h3-5,11-12,24,27-34,57,67-68H,6-10,13-23,44H2,1-2H3,(H2,45,59)(H,49,60)(H,50,62)(H,51,63)(H,52,61)(H,53,65)(H,54,64)(H4,46,47,48)/t24-,27+,28+,29+,30+,31+,32+,33+,34+/m1/s1. The first-order valence-electron chi connectivity index (χ1n) is 22.7. The average Bonchev–Trinajstić information content (AvgIpc) is 4.01. The molecular weight excluding hydrogens is 923 g/mol. The van der Waals surface area contributed by atoms with Crippen LogP contribution in [0, 0.1) is 0 Å². The molecule has 0 unspecified atom stereocenters.